The number of rotatable bonds is 1. The van der Waals surface area contributed by atoms with Crippen LogP contribution < -0.4 is 5.09 Å². The van der Waals surface area contributed by atoms with Gasteiger partial charge in [-0.05, 0) is 39.5 Å². The third-order valence-electron chi connectivity index (χ3n) is 2.75. The second-order valence-electron chi connectivity index (χ2n) is 6.49. The highest BCUT2D eigenvalue weighted by Gasteiger charge is 2.48. The van der Waals surface area contributed by atoms with E-state index >= 15 is 0 Å². The predicted molar refractivity (Wildman–Crippen MR) is 77.3 cm³/mol. The van der Waals surface area contributed by atoms with E-state index in [1.54, 1.807) is 0 Å². The van der Waals surface area contributed by atoms with Crippen LogP contribution in [0.2, 0.25) is 0 Å². The highest BCUT2D eigenvalue weighted by atomic mass is 127. The van der Waals surface area contributed by atoms with Crippen molar-refractivity contribution in [2.45, 2.75) is 56.7 Å². The van der Waals surface area contributed by atoms with E-state index in [-0.39, 0.29) is 14.2 Å². The monoisotopic (exact) mass is 359 g/mol. The molecule has 0 aromatic heterocycles. The molecule has 16 heavy (non-hydrogen) atoms. The van der Waals surface area contributed by atoms with Crippen molar-refractivity contribution in [2.75, 3.05) is 6.54 Å². The molecule has 0 bridgehead atoms. The lowest BCUT2D eigenvalue weighted by molar-refractivity contribution is 0.0727. The molecule has 0 spiro atoms. The zero-order valence-corrected chi connectivity index (χ0v) is 14.1. The SMILES string of the molecule is CC1(C)CNP(=O)(C(C)(C)I)OC(C)(C)C1. The molecule has 1 aliphatic rings. The highest BCUT2D eigenvalue weighted by Crippen LogP contribution is 2.63. The molecular formula is C11H23INO2P. The standard InChI is InChI=1S/C11H23INO2P/c1-9(2)7-10(3,4)15-16(14,13-8-9)11(5,6)12/h7-8H2,1-6H3,(H,13,14). The van der Waals surface area contributed by atoms with E-state index in [9.17, 15) is 4.57 Å². The second kappa shape index (κ2) is 4.22. The van der Waals surface area contributed by atoms with Gasteiger partial charge >= 0.3 is 0 Å². The van der Waals surface area contributed by atoms with Crippen LogP contribution in [0.4, 0.5) is 0 Å². The van der Waals surface area contributed by atoms with E-state index < -0.39 is 7.52 Å². The van der Waals surface area contributed by atoms with Crippen LogP contribution in [-0.2, 0) is 9.09 Å². The van der Waals surface area contributed by atoms with Crippen LogP contribution in [0.1, 0.15) is 48.0 Å². The Morgan fingerprint density at radius 2 is 1.81 bits per heavy atom. The van der Waals surface area contributed by atoms with Gasteiger partial charge in [-0.1, -0.05) is 36.4 Å². The minimum Gasteiger partial charge on any atom is -0.311 e. The summed E-state index contributed by atoms with van der Waals surface area (Å²) in [5.74, 6) is 0. The molecule has 0 aromatic carbocycles. The Balaban J connectivity index is 3.07. The molecule has 0 radical (unpaired) electrons. The molecule has 0 saturated carbocycles. The summed E-state index contributed by atoms with van der Waals surface area (Å²) in [6.45, 7) is 13.1. The number of halogens is 1. The molecule has 1 atom stereocenters. The zero-order valence-electron chi connectivity index (χ0n) is 11.1. The van der Waals surface area contributed by atoms with E-state index in [0.29, 0.717) is 0 Å². The number of hydrogen-bond donors (Lipinski definition) is 1. The van der Waals surface area contributed by atoms with Crippen molar-refractivity contribution in [1.29, 1.82) is 0 Å². The summed E-state index contributed by atoms with van der Waals surface area (Å²) >= 11 is 2.21. The van der Waals surface area contributed by atoms with Crippen molar-refractivity contribution in [2.24, 2.45) is 5.41 Å². The topological polar surface area (TPSA) is 38.3 Å². The summed E-state index contributed by atoms with van der Waals surface area (Å²) in [5, 5.41) is 3.17. The van der Waals surface area contributed by atoms with Gasteiger partial charge in [0.1, 0.15) is 3.16 Å². The predicted octanol–water partition coefficient (Wildman–Crippen LogP) is 4.17. The van der Waals surface area contributed by atoms with Gasteiger partial charge in [0.2, 0.25) is 0 Å². The van der Waals surface area contributed by atoms with Gasteiger partial charge in [0.15, 0.2) is 0 Å². The Morgan fingerprint density at radius 3 is 2.25 bits per heavy atom. The van der Waals surface area contributed by atoms with Crippen molar-refractivity contribution in [3.05, 3.63) is 0 Å². The van der Waals surface area contributed by atoms with E-state index in [1.807, 2.05) is 27.7 Å². The lowest BCUT2D eigenvalue weighted by Crippen LogP contribution is -2.30. The van der Waals surface area contributed by atoms with Crippen LogP contribution in [0.15, 0.2) is 0 Å². The maximum absolute atomic E-state index is 12.8. The summed E-state index contributed by atoms with van der Waals surface area (Å²) in [4.78, 5) is 0. The third kappa shape index (κ3) is 3.44. The van der Waals surface area contributed by atoms with Gasteiger partial charge in [0.25, 0.3) is 7.52 Å². The quantitative estimate of drug-likeness (QED) is 0.434. The summed E-state index contributed by atoms with van der Waals surface area (Å²) < 4.78 is 18.4. The van der Waals surface area contributed by atoms with Crippen molar-refractivity contribution in [3.8, 4) is 0 Å². The first kappa shape index (κ1) is 14.9. The molecule has 0 aliphatic carbocycles. The van der Waals surface area contributed by atoms with Crippen LogP contribution in [0.5, 0.6) is 0 Å². The molecule has 1 unspecified atom stereocenters. The average Bonchev–Trinajstić information content (AvgIpc) is 2.02. The molecule has 1 rings (SSSR count). The Kier molecular flexibility index (Phi) is 3.94. The van der Waals surface area contributed by atoms with Gasteiger partial charge < -0.3 is 4.52 Å². The Morgan fingerprint density at radius 1 is 1.31 bits per heavy atom. The summed E-state index contributed by atoms with van der Waals surface area (Å²) in [7, 11) is -2.81. The van der Waals surface area contributed by atoms with E-state index in [0.717, 1.165) is 13.0 Å². The molecule has 1 aliphatic heterocycles. The summed E-state index contributed by atoms with van der Waals surface area (Å²) in [6.07, 6.45) is 0.906. The molecule has 0 amide bonds. The fourth-order valence-corrected chi connectivity index (χ4v) is 5.10. The lowest BCUT2D eigenvalue weighted by atomic mass is 9.82. The first-order chi connectivity index (χ1) is 6.87. The molecule has 3 nitrogen and oxygen atoms in total. The smallest absolute Gasteiger partial charge is 0.285 e. The number of hydrogen-bond acceptors (Lipinski definition) is 2. The largest absolute Gasteiger partial charge is 0.311 e. The maximum Gasteiger partial charge on any atom is 0.285 e. The van der Waals surface area contributed by atoms with Gasteiger partial charge in [-0.3, -0.25) is 4.57 Å². The molecule has 1 saturated heterocycles. The van der Waals surface area contributed by atoms with Crippen LogP contribution in [0.3, 0.4) is 0 Å². The first-order valence-corrected chi connectivity index (χ1v) is 8.32. The van der Waals surface area contributed by atoms with Gasteiger partial charge in [-0.15, -0.1) is 0 Å². The number of nitrogens with one attached hydrogen (secondary N) is 1. The van der Waals surface area contributed by atoms with Gasteiger partial charge in [-0.2, -0.15) is 0 Å². The Labute approximate surface area is 113 Å². The van der Waals surface area contributed by atoms with E-state index in [1.165, 1.54) is 0 Å². The molecule has 1 heterocycles. The fraction of sp³-hybridized carbons (Fsp3) is 1.00. The molecule has 0 aromatic rings. The fourth-order valence-electron chi connectivity index (χ4n) is 2.24. The van der Waals surface area contributed by atoms with Crippen LogP contribution >= 0.6 is 30.1 Å². The van der Waals surface area contributed by atoms with Crippen molar-refractivity contribution in [1.82, 2.24) is 5.09 Å². The van der Waals surface area contributed by atoms with Crippen LogP contribution in [-0.4, -0.2) is 15.3 Å². The normalized spacial score (nSPS) is 34.4. The molecule has 1 fully saturated rings. The molecular weight excluding hydrogens is 336 g/mol. The maximum atomic E-state index is 12.8. The lowest BCUT2D eigenvalue weighted by Gasteiger charge is -2.34. The zero-order chi connectivity index (χ0) is 12.8. The second-order valence-corrected chi connectivity index (χ2v) is 12.8. The van der Waals surface area contributed by atoms with Crippen molar-refractivity contribution < 1.29 is 9.09 Å². The van der Waals surface area contributed by atoms with Gasteiger partial charge in [0.05, 0.1) is 5.60 Å². The Bertz CT molecular complexity index is 320. The molecule has 96 valence electrons. The van der Waals surface area contributed by atoms with E-state index in [4.69, 9.17) is 4.52 Å². The first-order valence-electron chi connectivity index (χ1n) is 5.62. The van der Waals surface area contributed by atoms with Crippen molar-refractivity contribution >= 4 is 30.1 Å². The minimum absolute atomic E-state index is 0.109. The summed E-state index contributed by atoms with van der Waals surface area (Å²) in [6, 6.07) is 0. The van der Waals surface area contributed by atoms with Gasteiger partial charge in [0, 0.05) is 6.54 Å². The average molecular weight is 359 g/mol. The molecule has 1 N–H and O–H groups in total. The third-order valence-corrected chi connectivity index (χ3v) is 7.38. The molecule has 5 heteroatoms. The number of alkyl halides is 1. The Hall–Kier alpha value is 0.880. The van der Waals surface area contributed by atoms with Crippen LogP contribution in [0, 0.1) is 5.41 Å². The van der Waals surface area contributed by atoms with Crippen LogP contribution in [0.25, 0.3) is 0 Å². The van der Waals surface area contributed by atoms with Crippen molar-refractivity contribution in [3.63, 3.8) is 0 Å². The highest BCUT2D eigenvalue weighted by molar-refractivity contribution is 14.1. The van der Waals surface area contributed by atoms with Gasteiger partial charge in [-0.25, -0.2) is 5.09 Å². The minimum atomic E-state index is -2.81. The summed E-state index contributed by atoms with van der Waals surface area (Å²) in [5.41, 5.74) is -0.234. The van der Waals surface area contributed by atoms with E-state index in [2.05, 4.69) is 41.5 Å².